The zero-order valence-corrected chi connectivity index (χ0v) is 11.9. The third-order valence-electron chi connectivity index (χ3n) is 3.27. The Morgan fingerprint density at radius 2 is 2.21 bits per heavy atom. The molecule has 2 aromatic rings. The highest BCUT2D eigenvalue weighted by molar-refractivity contribution is 5.46. The van der Waals surface area contributed by atoms with Gasteiger partial charge in [-0.05, 0) is 26.0 Å². The van der Waals surface area contributed by atoms with E-state index in [1.807, 2.05) is 19.3 Å². The summed E-state index contributed by atoms with van der Waals surface area (Å²) in [7, 11) is 1.87. The Labute approximate surface area is 113 Å². The summed E-state index contributed by atoms with van der Waals surface area (Å²) in [5, 5.41) is 11.7. The summed E-state index contributed by atoms with van der Waals surface area (Å²) in [5.74, 6) is 1.46. The molecule has 0 radical (unpaired) electrons. The second-order valence-electron chi connectivity index (χ2n) is 4.69. The lowest BCUT2D eigenvalue weighted by molar-refractivity contribution is 0.318. The van der Waals surface area contributed by atoms with Crippen molar-refractivity contribution in [2.24, 2.45) is 7.05 Å². The minimum atomic E-state index is 0.227. The summed E-state index contributed by atoms with van der Waals surface area (Å²) < 4.78 is 7.12. The minimum Gasteiger partial charge on any atom is -0.339 e. The van der Waals surface area contributed by atoms with E-state index in [1.54, 1.807) is 4.68 Å². The van der Waals surface area contributed by atoms with Gasteiger partial charge in [-0.3, -0.25) is 4.68 Å². The molecular formula is C13H21N5O. The molecule has 0 aliphatic carbocycles. The maximum Gasteiger partial charge on any atom is 0.231 e. The van der Waals surface area contributed by atoms with Crippen molar-refractivity contribution >= 4 is 0 Å². The first-order valence-electron chi connectivity index (χ1n) is 6.72. The summed E-state index contributed by atoms with van der Waals surface area (Å²) in [6.45, 7) is 7.29. The van der Waals surface area contributed by atoms with Crippen LogP contribution < -0.4 is 5.32 Å². The largest absolute Gasteiger partial charge is 0.339 e. The number of hydrogen-bond acceptors (Lipinski definition) is 5. The van der Waals surface area contributed by atoms with Gasteiger partial charge in [-0.15, -0.1) is 0 Å². The molecule has 0 saturated carbocycles. The van der Waals surface area contributed by atoms with Gasteiger partial charge in [0.1, 0.15) is 5.69 Å². The smallest absolute Gasteiger partial charge is 0.231 e. The maximum absolute atomic E-state index is 5.40. The van der Waals surface area contributed by atoms with E-state index in [-0.39, 0.29) is 5.92 Å². The van der Waals surface area contributed by atoms with Crippen LogP contribution in [0.4, 0.5) is 0 Å². The highest BCUT2D eigenvalue weighted by Gasteiger charge is 2.23. The van der Waals surface area contributed by atoms with Crippen LogP contribution in [0.2, 0.25) is 0 Å². The summed E-state index contributed by atoms with van der Waals surface area (Å²) in [6.07, 6.45) is 2.82. The predicted molar refractivity (Wildman–Crippen MR) is 72.7 cm³/mol. The van der Waals surface area contributed by atoms with Gasteiger partial charge in [-0.25, -0.2) is 0 Å². The Morgan fingerprint density at radius 3 is 2.79 bits per heavy atom. The van der Waals surface area contributed by atoms with Gasteiger partial charge >= 0.3 is 0 Å². The number of aromatic nitrogens is 4. The van der Waals surface area contributed by atoms with Crippen LogP contribution in [0.1, 0.15) is 39.0 Å². The van der Waals surface area contributed by atoms with Crippen molar-refractivity contribution in [3.8, 4) is 11.5 Å². The Balaban J connectivity index is 2.19. The van der Waals surface area contributed by atoms with Crippen LogP contribution in [0.25, 0.3) is 11.5 Å². The van der Waals surface area contributed by atoms with E-state index >= 15 is 0 Å². The molecule has 6 heteroatoms. The molecule has 0 spiro atoms. The third-order valence-corrected chi connectivity index (χ3v) is 3.27. The molecule has 0 aliphatic rings. The molecule has 2 unspecified atom stereocenters. The first-order valence-corrected chi connectivity index (χ1v) is 6.72. The quantitative estimate of drug-likeness (QED) is 0.862. The van der Waals surface area contributed by atoms with Crippen molar-refractivity contribution in [3.63, 3.8) is 0 Å². The van der Waals surface area contributed by atoms with Crippen molar-refractivity contribution < 1.29 is 4.52 Å². The second kappa shape index (κ2) is 5.97. The maximum atomic E-state index is 5.40. The van der Waals surface area contributed by atoms with Gasteiger partial charge in [0.05, 0.1) is 5.92 Å². The fourth-order valence-corrected chi connectivity index (χ4v) is 2.23. The van der Waals surface area contributed by atoms with E-state index in [4.69, 9.17) is 4.52 Å². The molecule has 2 heterocycles. The molecule has 0 aliphatic heterocycles. The van der Waals surface area contributed by atoms with E-state index in [9.17, 15) is 0 Å². The van der Waals surface area contributed by atoms with Crippen molar-refractivity contribution in [1.29, 1.82) is 0 Å². The van der Waals surface area contributed by atoms with Crippen LogP contribution >= 0.6 is 0 Å². The normalized spacial score (nSPS) is 14.5. The zero-order chi connectivity index (χ0) is 13.8. The lowest BCUT2D eigenvalue weighted by Gasteiger charge is -2.19. The third kappa shape index (κ3) is 3.01. The summed E-state index contributed by atoms with van der Waals surface area (Å²) in [5.41, 5.74) is 0.739. The Bertz CT molecular complexity index is 519. The first kappa shape index (κ1) is 13.7. The van der Waals surface area contributed by atoms with Crippen LogP contribution in [0.5, 0.6) is 0 Å². The van der Waals surface area contributed by atoms with Crippen molar-refractivity contribution in [2.45, 2.75) is 39.2 Å². The predicted octanol–water partition coefficient (Wildman–Crippen LogP) is 1.96. The highest BCUT2D eigenvalue weighted by atomic mass is 16.5. The monoisotopic (exact) mass is 263 g/mol. The summed E-state index contributed by atoms with van der Waals surface area (Å²) in [6, 6.07) is 2.19. The molecule has 19 heavy (non-hydrogen) atoms. The molecule has 0 aromatic carbocycles. The first-order chi connectivity index (χ1) is 9.15. The summed E-state index contributed by atoms with van der Waals surface area (Å²) in [4.78, 5) is 4.47. The Morgan fingerprint density at radius 1 is 1.42 bits per heavy atom. The summed E-state index contributed by atoms with van der Waals surface area (Å²) >= 11 is 0. The molecule has 6 nitrogen and oxygen atoms in total. The number of aryl methyl sites for hydroxylation is 1. The number of nitrogens with one attached hydrogen (secondary N) is 1. The average Bonchev–Trinajstić information content (AvgIpc) is 2.99. The van der Waals surface area contributed by atoms with Gasteiger partial charge in [0.2, 0.25) is 11.7 Å². The lowest BCUT2D eigenvalue weighted by atomic mass is 9.98. The van der Waals surface area contributed by atoms with E-state index in [2.05, 4.69) is 41.3 Å². The zero-order valence-electron chi connectivity index (χ0n) is 11.9. The van der Waals surface area contributed by atoms with Crippen molar-refractivity contribution in [3.05, 3.63) is 18.2 Å². The van der Waals surface area contributed by atoms with Crippen LogP contribution in [0.3, 0.4) is 0 Å². The van der Waals surface area contributed by atoms with E-state index in [0.29, 0.717) is 17.8 Å². The molecule has 0 saturated heterocycles. The van der Waals surface area contributed by atoms with Gasteiger partial charge in [0, 0.05) is 19.3 Å². The van der Waals surface area contributed by atoms with Crippen LogP contribution in [-0.4, -0.2) is 32.5 Å². The van der Waals surface area contributed by atoms with Crippen LogP contribution in [-0.2, 0) is 7.05 Å². The fraction of sp³-hybridized carbons (Fsp3) is 0.615. The Hall–Kier alpha value is -1.69. The van der Waals surface area contributed by atoms with Crippen LogP contribution in [0.15, 0.2) is 16.8 Å². The van der Waals surface area contributed by atoms with Gasteiger partial charge in [-0.1, -0.05) is 19.0 Å². The van der Waals surface area contributed by atoms with Gasteiger partial charge in [0.25, 0.3) is 0 Å². The molecule has 1 N–H and O–H groups in total. The SMILES string of the molecule is CCNC(C)C(CC)c1nc(-c2ccn(C)n2)no1. The topological polar surface area (TPSA) is 68.8 Å². The standard InChI is InChI=1S/C13H21N5O/c1-5-10(9(3)14-6-2)13-15-12(17-19-13)11-7-8-18(4)16-11/h7-10,14H,5-6H2,1-4H3. The molecule has 2 rings (SSSR count). The Kier molecular flexibility index (Phi) is 4.31. The number of nitrogens with zero attached hydrogens (tertiary/aromatic N) is 4. The van der Waals surface area contributed by atoms with Gasteiger partial charge < -0.3 is 9.84 Å². The number of rotatable bonds is 6. The van der Waals surface area contributed by atoms with Crippen LogP contribution in [0, 0.1) is 0 Å². The molecule has 2 atom stereocenters. The van der Waals surface area contributed by atoms with Gasteiger partial charge in [0.15, 0.2) is 0 Å². The van der Waals surface area contributed by atoms with E-state index in [0.717, 1.165) is 18.7 Å². The number of likely N-dealkylation sites (N-methyl/N-ethyl adjacent to an activating group) is 1. The molecule has 104 valence electrons. The molecule has 0 bridgehead atoms. The van der Waals surface area contributed by atoms with E-state index < -0.39 is 0 Å². The number of hydrogen-bond donors (Lipinski definition) is 1. The van der Waals surface area contributed by atoms with E-state index in [1.165, 1.54) is 0 Å². The van der Waals surface area contributed by atoms with Crippen molar-refractivity contribution in [2.75, 3.05) is 6.54 Å². The molecule has 0 amide bonds. The highest BCUT2D eigenvalue weighted by Crippen LogP contribution is 2.24. The lowest BCUT2D eigenvalue weighted by Crippen LogP contribution is -2.31. The molecule has 0 fully saturated rings. The minimum absolute atomic E-state index is 0.227. The average molecular weight is 263 g/mol. The second-order valence-corrected chi connectivity index (χ2v) is 4.69. The van der Waals surface area contributed by atoms with Crippen molar-refractivity contribution in [1.82, 2.24) is 25.2 Å². The van der Waals surface area contributed by atoms with Gasteiger partial charge in [-0.2, -0.15) is 10.1 Å². The molecular weight excluding hydrogens is 242 g/mol. The fourth-order valence-electron chi connectivity index (χ4n) is 2.23. The molecule has 2 aromatic heterocycles.